The van der Waals surface area contributed by atoms with E-state index in [1.54, 1.807) is 6.07 Å². The Morgan fingerprint density at radius 2 is 2.20 bits per heavy atom. The molecule has 0 aliphatic rings. The van der Waals surface area contributed by atoms with E-state index in [-0.39, 0.29) is 10.7 Å². The highest BCUT2D eigenvalue weighted by molar-refractivity contribution is 6.32. The first kappa shape index (κ1) is 11.7. The molecular weight excluding hydrogens is 218 g/mol. The van der Waals surface area contributed by atoms with Crippen molar-refractivity contribution in [1.82, 2.24) is 0 Å². The molecule has 0 aliphatic heterocycles. The molecule has 0 unspecified atom stereocenters. The predicted molar refractivity (Wildman–Crippen MR) is 57.1 cm³/mol. The van der Waals surface area contributed by atoms with Gasteiger partial charge in [0.15, 0.2) is 0 Å². The molecule has 80 valence electrons. The van der Waals surface area contributed by atoms with Gasteiger partial charge in [-0.3, -0.25) is 10.1 Å². The number of benzene rings is 1. The fourth-order valence-corrected chi connectivity index (χ4v) is 1.43. The molecule has 5 heteroatoms. The van der Waals surface area contributed by atoms with Gasteiger partial charge >= 0.3 is 0 Å². The number of hydrogen-bond donors (Lipinski definition) is 0. The molecule has 0 heterocycles. The molecule has 1 aromatic carbocycles. The third kappa shape index (κ3) is 3.32. The van der Waals surface area contributed by atoms with Crippen LogP contribution in [0, 0.1) is 10.1 Å². The van der Waals surface area contributed by atoms with Crippen LogP contribution < -0.4 is 0 Å². The summed E-state index contributed by atoms with van der Waals surface area (Å²) >= 11 is 5.65. The van der Waals surface area contributed by atoms with Crippen LogP contribution in [0.25, 0.3) is 0 Å². The van der Waals surface area contributed by atoms with E-state index in [1.165, 1.54) is 12.1 Å². The summed E-state index contributed by atoms with van der Waals surface area (Å²) in [4.78, 5) is 20.2. The molecule has 0 spiro atoms. The minimum Gasteiger partial charge on any atom is -0.303 e. The zero-order valence-electron chi connectivity index (χ0n) is 7.98. The Bertz CT molecular complexity index is 379. The fraction of sp³-hybridized carbons (Fsp3) is 0.300. The van der Waals surface area contributed by atoms with Crippen LogP contribution in [0.15, 0.2) is 18.2 Å². The lowest BCUT2D eigenvalue weighted by atomic mass is 10.1. The van der Waals surface area contributed by atoms with E-state index in [0.717, 1.165) is 11.8 Å². The van der Waals surface area contributed by atoms with Crippen LogP contribution in [0.1, 0.15) is 18.4 Å². The van der Waals surface area contributed by atoms with E-state index in [4.69, 9.17) is 11.6 Å². The van der Waals surface area contributed by atoms with Crippen molar-refractivity contribution in [3.63, 3.8) is 0 Å². The maximum atomic E-state index is 10.6. The van der Waals surface area contributed by atoms with Crippen molar-refractivity contribution in [1.29, 1.82) is 0 Å². The molecule has 0 aliphatic carbocycles. The van der Waals surface area contributed by atoms with Gasteiger partial charge in [-0.25, -0.2) is 0 Å². The van der Waals surface area contributed by atoms with Crippen LogP contribution in [-0.2, 0) is 11.2 Å². The molecule has 1 rings (SSSR count). The lowest BCUT2D eigenvalue weighted by Gasteiger charge is -2.00. The predicted octanol–water partition coefficient (Wildman–Crippen LogP) is 2.77. The summed E-state index contributed by atoms with van der Waals surface area (Å²) in [5.41, 5.74) is 0.744. The average molecular weight is 228 g/mol. The third-order valence-electron chi connectivity index (χ3n) is 1.99. The van der Waals surface area contributed by atoms with E-state index in [0.29, 0.717) is 19.3 Å². The molecule has 0 radical (unpaired) electrons. The number of aryl methyl sites for hydroxylation is 1. The Labute approximate surface area is 92.0 Å². The SMILES string of the molecule is O=CCCCc1ccc(Cl)c([N+](=O)[O-])c1. The van der Waals surface area contributed by atoms with Crippen LogP contribution in [0.4, 0.5) is 5.69 Å². The zero-order valence-corrected chi connectivity index (χ0v) is 8.74. The zero-order chi connectivity index (χ0) is 11.3. The maximum Gasteiger partial charge on any atom is 0.288 e. The molecule has 15 heavy (non-hydrogen) atoms. The van der Waals surface area contributed by atoms with Crippen molar-refractivity contribution < 1.29 is 9.72 Å². The summed E-state index contributed by atoms with van der Waals surface area (Å²) in [6.07, 6.45) is 2.65. The monoisotopic (exact) mass is 227 g/mol. The quantitative estimate of drug-likeness (QED) is 0.336. The first-order valence-corrected chi connectivity index (χ1v) is 4.89. The molecular formula is C10H10ClNO3. The second-order valence-electron chi connectivity index (χ2n) is 3.10. The van der Waals surface area contributed by atoms with Crippen molar-refractivity contribution in [2.75, 3.05) is 0 Å². The Hall–Kier alpha value is -1.42. The largest absolute Gasteiger partial charge is 0.303 e. The molecule has 0 aromatic heterocycles. The normalized spacial score (nSPS) is 9.93. The van der Waals surface area contributed by atoms with Gasteiger partial charge in [-0.1, -0.05) is 17.7 Å². The highest BCUT2D eigenvalue weighted by Gasteiger charge is 2.12. The number of rotatable bonds is 5. The first-order valence-electron chi connectivity index (χ1n) is 4.51. The van der Waals surface area contributed by atoms with Gasteiger partial charge in [-0.05, 0) is 24.5 Å². The number of carbonyl (C=O) groups is 1. The molecule has 0 saturated heterocycles. The highest BCUT2D eigenvalue weighted by Crippen LogP contribution is 2.25. The Kier molecular flexibility index (Phi) is 4.24. The fourth-order valence-electron chi connectivity index (χ4n) is 1.24. The summed E-state index contributed by atoms with van der Waals surface area (Å²) in [6.45, 7) is 0. The minimum atomic E-state index is -0.508. The third-order valence-corrected chi connectivity index (χ3v) is 2.31. The number of hydrogen-bond acceptors (Lipinski definition) is 3. The first-order chi connectivity index (χ1) is 7.15. The average Bonchev–Trinajstić information content (AvgIpc) is 2.20. The van der Waals surface area contributed by atoms with Gasteiger partial charge in [-0.15, -0.1) is 0 Å². The topological polar surface area (TPSA) is 60.2 Å². The summed E-state index contributed by atoms with van der Waals surface area (Å²) in [6, 6.07) is 4.70. The highest BCUT2D eigenvalue weighted by atomic mass is 35.5. The van der Waals surface area contributed by atoms with E-state index >= 15 is 0 Å². The number of halogens is 1. The maximum absolute atomic E-state index is 10.6. The number of nitro benzene ring substituents is 1. The molecule has 1 aromatic rings. The van der Waals surface area contributed by atoms with Crippen LogP contribution in [0.3, 0.4) is 0 Å². The van der Waals surface area contributed by atoms with Crippen LogP contribution in [-0.4, -0.2) is 11.2 Å². The van der Waals surface area contributed by atoms with Gasteiger partial charge in [-0.2, -0.15) is 0 Å². The Morgan fingerprint density at radius 3 is 2.80 bits per heavy atom. The van der Waals surface area contributed by atoms with Gasteiger partial charge in [0.25, 0.3) is 5.69 Å². The van der Waals surface area contributed by atoms with E-state index in [2.05, 4.69) is 0 Å². The van der Waals surface area contributed by atoms with Crippen molar-refractivity contribution in [3.05, 3.63) is 38.9 Å². The van der Waals surface area contributed by atoms with Crippen LogP contribution >= 0.6 is 11.6 Å². The van der Waals surface area contributed by atoms with Gasteiger partial charge in [0.1, 0.15) is 11.3 Å². The van der Waals surface area contributed by atoms with Gasteiger partial charge in [0.2, 0.25) is 0 Å². The second kappa shape index (κ2) is 5.46. The lowest BCUT2D eigenvalue weighted by molar-refractivity contribution is -0.384. The molecule has 0 amide bonds. The molecule has 0 fully saturated rings. The molecule has 0 saturated carbocycles. The minimum absolute atomic E-state index is 0.0831. The number of unbranched alkanes of at least 4 members (excludes halogenated alkanes) is 1. The standard InChI is InChI=1S/C10H10ClNO3/c11-9-5-4-8(3-1-2-6-13)7-10(9)12(14)15/h4-7H,1-3H2. The second-order valence-corrected chi connectivity index (χ2v) is 3.51. The van der Waals surface area contributed by atoms with Crippen molar-refractivity contribution in [2.24, 2.45) is 0 Å². The number of aldehydes is 1. The van der Waals surface area contributed by atoms with Crippen LogP contribution in [0.5, 0.6) is 0 Å². The van der Waals surface area contributed by atoms with Crippen molar-refractivity contribution in [2.45, 2.75) is 19.3 Å². The lowest BCUT2D eigenvalue weighted by Crippen LogP contribution is -1.92. The number of carbonyl (C=O) groups excluding carboxylic acids is 1. The van der Waals surface area contributed by atoms with Crippen molar-refractivity contribution in [3.8, 4) is 0 Å². The van der Waals surface area contributed by atoms with Crippen molar-refractivity contribution >= 4 is 23.6 Å². The smallest absolute Gasteiger partial charge is 0.288 e. The van der Waals surface area contributed by atoms with Crippen LogP contribution in [0.2, 0.25) is 5.02 Å². The van der Waals surface area contributed by atoms with E-state index < -0.39 is 4.92 Å². The van der Waals surface area contributed by atoms with Gasteiger partial charge in [0, 0.05) is 12.5 Å². The summed E-state index contributed by atoms with van der Waals surface area (Å²) in [7, 11) is 0. The van der Waals surface area contributed by atoms with E-state index in [1.807, 2.05) is 0 Å². The Balaban J connectivity index is 2.78. The summed E-state index contributed by atoms with van der Waals surface area (Å²) in [5, 5.41) is 10.7. The number of nitrogens with zero attached hydrogens (tertiary/aromatic N) is 1. The molecule has 0 N–H and O–H groups in total. The summed E-state index contributed by atoms with van der Waals surface area (Å²) in [5.74, 6) is 0. The van der Waals surface area contributed by atoms with Gasteiger partial charge < -0.3 is 4.79 Å². The molecule has 0 bridgehead atoms. The molecule has 4 nitrogen and oxygen atoms in total. The molecule has 0 atom stereocenters. The van der Waals surface area contributed by atoms with Gasteiger partial charge in [0.05, 0.1) is 4.92 Å². The Morgan fingerprint density at radius 1 is 1.47 bits per heavy atom. The summed E-state index contributed by atoms with van der Waals surface area (Å²) < 4.78 is 0. The van der Waals surface area contributed by atoms with E-state index in [9.17, 15) is 14.9 Å². The number of nitro groups is 1.